The van der Waals surface area contributed by atoms with Crippen LogP contribution in [-0.2, 0) is 11.8 Å². The van der Waals surface area contributed by atoms with Crippen molar-refractivity contribution in [3.63, 3.8) is 0 Å². The van der Waals surface area contributed by atoms with Crippen LogP contribution >= 0.6 is 0 Å². The number of nitrogens with one attached hydrogen (secondary N) is 1. The molecule has 0 aliphatic carbocycles. The molecule has 1 aliphatic rings. The van der Waals surface area contributed by atoms with E-state index in [0.29, 0.717) is 23.4 Å². The summed E-state index contributed by atoms with van der Waals surface area (Å²) in [5.41, 5.74) is 3.00. The lowest BCUT2D eigenvalue weighted by molar-refractivity contribution is 0.0858. The van der Waals surface area contributed by atoms with Gasteiger partial charge in [-0.05, 0) is 37.1 Å². The predicted octanol–water partition coefficient (Wildman–Crippen LogP) is 2.51. The molecule has 0 spiro atoms. The third kappa shape index (κ3) is 3.48. The van der Waals surface area contributed by atoms with Gasteiger partial charge < -0.3 is 14.6 Å². The summed E-state index contributed by atoms with van der Waals surface area (Å²) in [6, 6.07) is 14.5. The molecule has 138 valence electrons. The molecule has 4 rings (SSSR count). The number of carbonyl (C=O) groups excluding carboxylic acids is 1. The van der Waals surface area contributed by atoms with Crippen molar-refractivity contribution >= 4 is 16.9 Å². The van der Waals surface area contributed by atoms with Gasteiger partial charge in [0.25, 0.3) is 11.5 Å². The van der Waals surface area contributed by atoms with E-state index in [1.807, 2.05) is 24.3 Å². The normalized spacial score (nSPS) is 16.6. The Hall–Kier alpha value is -2.99. The zero-order valence-corrected chi connectivity index (χ0v) is 15.1. The molecule has 3 aromatic rings. The molecule has 6 nitrogen and oxygen atoms in total. The van der Waals surface area contributed by atoms with Crippen LogP contribution < -0.4 is 10.9 Å². The number of aryl methyl sites for hydroxylation is 1. The van der Waals surface area contributed by atoms with E-state index >= 15 is 0 Å². The van der Waals surface area contributed by atoms with E-state index in [-0.39, 0.29) is 17.6 Å². The molecule has 0 saturated carbocycles. The summed E-state index contributed by atoms with van der Waals surface area (Å²) >= 11 is 0. The first-order valence-electron chi connectivity index (χ1n) is 9.09. The molecule has 1 N–H and O–H groups in total. The maximum Gasteiger partial charge on any atom is 0.277 e. The van der Waals surface area contributed by atoms with Gasteiger partial charge in [0.15, 0.2) is 0 Å². The number of rotatable bonds is 4. The number of amides is 1. The molecule has 27 heavy (non-hydrogen) atoms. The Kier molecular flexibility index (Phi) is 4.73. The Morgan fingerprint density at radius 2 is 2.00 bits per heavy atom. The van der Waals surface area contributed by atoms with Crippen LogP contribution in [-0.4, -0.2) is 34.7 Å². The highest BCUT2D eigenvalue weighted by molar-refractivity contribution is 5.94. The van der Waals surface area contributed by atoms with Crippen molar-refractivity contribution in [2.24, 2.45) is 7.05 Å². The topological polar surface area (TPSA) is 73.2 Å². The Balaban J connectivity index is 1.57. The van der Waals surface area contributed by atoms with Crippen LogP contribution in [0, 0.1) is 0 Å². The lowest BCUT2D eigenvalue weighted by Crippen LogP contribution is -2.31. The Morgan fingerprint density at radius 3 is 2.74 bits per heavy atom. The summed E-state index contributed by atoms with van der Waals surface area (Å²) in [5, 5.41) is 2.90. The molecule has 2 aromatic carbocycles. The number of benzene rings is 2. The van der Waals surface area contributed by atoms with Crippen LogP contribution in [0.3, 0.4) is 0 Å². The molecule has 2 heterocycles. The molecule has 1 saturated heterocycles. The third-order valence-corrected chi connectivity index (χ3v) is 4.92. The fourth-order valence-electron chi connectivity index (χ4n) is 3.36. The van der Waals surface area contributed by atoms with Gasteiger partial charge >= 0.3 is 0 Å². The van der Waals surface area contributed by atoms with Crippen molar-refractivity contribution < 1.29 is 9.53 Å². The first kappa shape index (κ1) is 17.4. The van der Waals surface area contributed by atoms with Gasteiger partial charge in [-0.25, -0.2) is 4.98 Å². The number of fused-ring (bicyclic) bond motifs is 1. The SMILES string of the molecule is Cn1c(=O)c(-c2ccc(C(=O)NC[C@H]3CCCO3)cc2)nc2ccccc21. The van der Waals surface area contributed by atoms with Gasteiger partial charge in [-0.2, -0.15) is 0 Å². The van der Waals surface area contributed by atoms with Crippen molar-refractivity contribution in [2.45, 2.75) is 18.9 Å². The van der Waals surface area contributed by atoms with Crippen LogP contribution in [0.25, 0.3) is 22.3 Å². The average molecular weight is 363 g/mol. The van der Waals surface area contributed by atoms with Gasteiger partial charge in [0.05, 0.1) is 17.1 Å². The molecular weight excluding hydrogens is 342 g/mol. The molecule has 0 radical (unpaired) electrons. The first-order chi connectivity index (χ1) is 13.1. The van der Waals surface area contributed by atoms with Crippen molar-refractivity contribution in [3.8, 4) is 11.3 Å². The number of hydrogen-bond donors (Lipinski definition) is 1. The lowest BCUT2D eigenvalue weighted by atomic mass is 10.1. The lowest BCUT2D eigenvalue weighted by Gasteiger charge is -2.11. The summed E-state index contributed by atoms with van der Waals surface area (Å²) in [4.78, 5) is 29.5. The smallest absolute Gasteiger partial charge is 0.277 e. The van der Waals surface area contributed by atoms with Gasteiger partial charge in [0, 0.05) is 31.3 Å². The quantitative estimate of drug-likeness (QED) is 0.773. The fourth-order valence-corrected chi connectivity index (χ4v) is 3.36. The van der Waals surface area contributed by atoms with E-state index in [9.17, 15) is 9.59 Å². The van der Waals surface area contributed by atoms with E-state index in [1.165, 1.54) is 0 Å². The summed E-state index contributed by atoms with van der Waals surface area (Å²) in [6.07, 6.45) is 2.14. The van der Waals surface area contributed by atoms with E-state index < -0.39 is 0 Å². The second-order valence-corrected chi connectivity index (χ2v) is 6.74. The fraction of sp³-hybridized carbons (Fsp3) is 0.286. The average Bonchev–Trinajstić information content (AvgIpc) is 3.23. The van der Waals surface area contributed by atoms with Gasteiger partial charge in [0.2, 0.25) is 0 Å². The van der Waals surface area contributed by atoms with Gasteiger partial charge in [-0.1, -0.05) is 24.3 Å². The minimum atomic E-state index is -0.163. The Morgan fingerprint density at radius 1 is 1.22 bits per heavy atom. The minimum Gasteiger partial charge on any atom is -0.376 e. The highest BCUT2D eigenvalue weighted by atomic mass is 16.5. The second kappa shape index (κ2) is 7.32. The number of aromatic nitrogens is 2. The zero-order valence-electron chi connectivity index (χ0n) is 15.1. The van der Waals surface area contributed by atoms with E-state index in [0.717, 1.165) is 30.5 Å². The highest BCUT2D eigenvalue weighted by Gasteiger charge is 2.17. The molecule has 0 unspecified atom stereocenters. The molecule has 1 atom stereocenters. The van der Waals surface area contributed by atoms with Crippen LogP contribution in [0.5, 0.6) is 0 Å². The van der Waals surface area contributed by atoms with Crippen molar-refractivity contribution in [2.75, 3.05) is 13.2 Å². The summed E-state index contributed by atoms with van der Waals surface area (Å²) in [7, 11) is 1.74. The number of nitrogens with zero attached hydrogens (tertiary/aromatic N) is 2. The van der Waals surface area contributed by atoms with Crippen LogP contribution in [0.2, 0.25) is 0 Å². The zero-order chi connectivity index (χ0) is 18.8. The predicted molar refractivity (Wildman–Crippen MR) is 104 cm³/mol. The molecule has 0 bridgehead atoms. The Bertz CT molecular complexity index is 1030. The first-order valence-corrected chi connectivity index (χ1v) is 9.09. The van der Waals surface area contributed by atoms with E-state index in [4.69, 9.17) is 4.74 Å². The number of carbonyl (C=O) groups is 1. The van der Waals surface area contributed by atoms with Crippen LogP contribution in [0.1, 0.15) is 23.2 Å². The van der Waals surface area contributed by atoms with Gasteiger partial charge in [-0.3, -0.25) is 9.59 Å². The monoisotopic (exact) mass is 363 g/mol. The molecule has 1 amide bonds. The highest BCUT2D eigenvalue weighted by Crippen LogP contribution is 2.18. The maximum atomic E-state index is 12.7. The molecule has 1 fully saturated rings. The van der Waals surface area contributed by atoms with Crippen molar-refractivity contribution in [1.29, 1.82) is 0 Å². The van der Waals surface area contributed by atoms with Gasteiger partial charge in [0.1, 0.15) is 5.69 Å². The summed E-state index contributed by atoms with van der Waals surface area (Å²) in [6.45, 7) is 1.29. The van der Waals surface area contributed by atoms with Gasteiger partial charge in [-0.15, -0.1) is 0 Å². The van der Waals surface area contributed by atoms with Crippen LogP contribution in [0.15, 0.2) is 53.3 Å². The molecule has 1 aliphatic heterocycles. The molecule has 6 heteroatoms. The molecular formula is C21H21N3O3. The Labute approximate surface area is 156 Å². The number of hydrogen-bond acceptors (Lipinski definition) is 4. The standard InChI is InChI=1S/C21H21N3O3/c1-24-18-7-3-2-6-17(18)23-19(21(24)26)14-8-10-15(11-9-14)20(25)22-13-16-5-4-12-27-16/h2-3,6-11,16H,4-5,12-13H2,1H3,(H,22,25)/t16-/m1/s1. The summed E-state index contributed by atoms with van der Waals surface area (Å²) in [5.74, 6) is -0.142. The third-order valence-electron chi connectivity index (χ3n) is 4.92. The minimum absolute atomic E-state index is 0.109. The van der Waals surface area contributed by atoms with E-state index in [2.05, 4.69) is 10.3 Å². The van der Waals surface area contributed by atoms with Crippen molar-refractivity contribution in [3.05, 3.63) is 64.4 Å². The van der Waals surface area contributed by atoms with E-state index in [1.54, 1.807) is 35.9 Å². The second-order valence-electron chi connectivity index (χ2n) is 6.74. The van der Waals surface area contributed by atoms with Crippen molar-refractivity contribution in [1.82, 2.24) is 14.9 Å². The largest absolute Gasteiger partial charge is 0.376 e. The van der Waals surface area contributed by atoms with Crippen LogP contribution in [0.4, 0.5) is 0 Å². The summed E-state index contributed by atoms with van der Waals surface area (Å²) < 4.78 is 7.11. The molecule has 1 aromatic heterocycles. The maximum absolute atomic E-state index is 12.7. The number of para-hydroxylation sites is 2. The number of ether oxygens (including phenoxy) is 1.